The fourth-order valence-corrected chi connectivity index (χ4v) is 4.76. The molecule has 338 valence electrons. The summed E-state index contributed by atoms with van der Waals surface area (Å²) in [6.07, 6.45) is 15.5. The summed E-state index contributed by atoms with van der Waals surface area (Å²) in [5.41, 5.74) is 5.64. The number of hydrogen-bond acceptors (Lipinski definition) is 10. The molecule has 0 saturated heterocycles. The maximum absolute atomic E-state index is 10.1. The van der Waals surface area contributed by atoms with Crippen LogP contribution in [0.3, 0.4) is 0 Å². The quantitative estimate of drug-likeness (QED) is 0.148. The van der Waals surface area contributed by atoms with Crippen molar-refractivity contribution in [3.8, 4) is 0 Å². The molecule has 8 rings (SSSR count). The Balaban J connectivity index is 0.000000399. The predicted octanol–water partition coefficient (Wildman–Crippen LogP) is 6.70. The van der Waals surface area contributed by atoms with Crippen LogP contribution in [-0.2, 0) is 34.1 Å². The number of carbonyl (C=O) groups excluding carboxylic acids is 4. The Morgan fingerprint density at radius 1 is 0.273 bits per heavy atom. The molecule has 0 aliphatic heterocycles. The molecule has 0 fully saturated rings. The second-order valence-electron chi connectivity index (χ2n) is 12.7. The largest absolute Gasteiger partial charge is 2.00 e. The molecule has 0 aliphatic carbocycles. The molecule has 0 aliphatic rings. The summed E-state index contributed by atoms with van der Waals surface area (Å²) in [5.74, 6) is -4.52. The summed E-state index contributed by atoms with van der Waals surface area (Å²) in [7, 11) is 0. The van der Waals surface area contributed by atoms with Gasteiger partial charge in [-0.05, 0) is 68.8 Å². The van der Waals surface area contributed by atoms with E-state index in [0.29, 0.717) is 0 Å². The first-order valence-corrected chi connectivity index (χ1v) is 19.4. The number of rotatable bonds is 8. The summed E-state index contributed by atoms with van der Waals surface area (Å²) >= 11 is 0. The molecule has 8 aromatic rings. The van der Waals surface area contributed by atoms with Crippen molar-refractivity contribution < 1.29 is 73.7 Å². The average molecular weight is 974 g/mol. The van der Waals surface area contributed by atoms with Gasteiger partial charge in [0.05, 0.1) is 23.9 Å². The number of hydrogen-bond donors (Lipinski definition) is 0. The summed E-state index contributed by atoms with van der Waals surface area (Å²) in [4.78, 5) is 48.3. The number of nitrogens with zero attached hydrogens (tertiary/aromatic N) is 2. The molecule has 0 saturated carbocycles. The van der Waals surface area contributed by atoms with E-state index < -0.39 is 23.9 Å². The van der Waals surface area contributed by atoms with Crippen LogP contribution in [0.15, 0.2) is 231 Å². The van der Waals surface area contributed by atoms with Crippen LogP contribution >= 0.6 is 0 Å². The van der Waals surface area contributed by atoms with Crippen molar-refractivity contribution in [2.75, 3.05) is 0 Å². The van der Waals surface area contributed by atoms with Crippen LogP contribution in [0.25, 0.3) is 24.3 Å². The molecular weight excluding hydrogens is 932 g/mol. The number of carboxylic acid groups (broad SMARTS) is 4. The minimum atomic E-state index is -1.13. The zero-order valence-corrected chi connectivity index (χ0v) is 36.9. The van der Waals surface area contributed by atoms with E-state index in [1.807, 2.05) is 60.7 Å². The monoisotopic (exact) mass is 972 g/mol. The molecule has 0 N–H and O–H groups in total. The summed E-state index contributed by atoms with van der Waals surface area (Å²) in [6, 6.07) is 60.7. The van der Waals surface area contributed by atoms with E-state index in [-0.39, 0.29) is 56.4 Å². The van der Waals surface area contributed by atoms with Crippen molar-refractivity contribution in [1.29, 1.82) is 0 Å². The Labute approximate surface area is 405 Å². The molecule has 0 atom stereocenters. The average Bonchev–Trinajstić information content (AvgIpc) is 3.36. The molecule has 0 spiro atoms. The van der Waals surface area contributed by atoms with Crippen molar-refractivity contribution in [1.82, 2.24) is 9.97 Å². The topological polar surface area (TPSA) is 186 Å². The van der Waals surface area contributed by atoms with Gasteiger partial charge in [0.25, 0.3) is 0 Å². The first-order chi connectivity index (χ1) is 31.1. The molecule has 2 heterocycles. The molecule has 0 unspecified atom stereocenters. The van der Waals surface area contributed by atoms with E-state index in [9.17, 15) is 39.6 Å². The van der Waals surface area contributed by atoms with Gasteiger partial charge < -0.3 is 39.6 Å². The van der Waals surface area contributed by atoms with Crippen LogP contribution in [-0.4, -0.2) is 33.8 Å². The van der Waals surface area contributed by atoms with E-state index in [1.165, 1.54) is 70.8 Å². The van der Waals surface area contributed by atoms with E-state index in [2.05, 4.69) is 58.5 Å². The Bertz CT molecular complexity index is 2210. The second kappa shape index (κ2) is 34.5. The van der Waals surface area contributed by atoms with E-state index in [4.69, 9.17) is 0 Å². The van der Waals surface area contributed by atoms with Crippen LogP contribution in [0.1, 0.15) is 63.7 Å². The van der Waals surface area contributed by atoms with Gasteiger partial charge >= 0.3 is 34.1 Å². The molecule has 10 nitrogen and oxygen atoms in total. The normalized spacial score (nSPS) is 9.33. The van der Waals surface area contributed by atoms with Crippen LogP contribution in [0.4, 0.5) is 0 Å². The fourth-order valence-electron chi connectivity index (χ4n) is 4.76. The molecule has 12 heteroatoms. The van der Waals surface area contributed by atoms with Crippen molar-refractivity contribution in [3.63, 3.8) is 0 Å². The van der Waals surface area contributed by atoms with Gasteiger partial charge in [0, 0.05) is 24.8 Å². The number of pyridine rings is 2. The first kappa shape index (κ1) is 56.0. The predicted molar refractivity (Wildman–Crippen MR) is 242 cm³/mol. The molecule has 2 radical (unpaired) electrons. The fraction of sp³-hybridized carbons (Fsp3) is 0. The summed E-state index contributed by atoms with van der Waals surface area (Å²) in [5, 5.41) is 40.4. The number of carboxylic acids is 4. The van der Waals surface area contributed by atoms with Crippen molar-refractivity contribution in [2.45, 2.75) is 0 Å². The third-order valence-electron chi connectivity index (χ3n) is 7.99. The molecule has 66 heavy (non-hydrogen) atoms. The SMILES string of the molecule is C(=C\c1ccncc1)/c1ccccc1.C(=C\c1ccncc1)/c1ccccc1.O=C([O-])c1ccccc1.O=C([O-])c1ccccc1.O=C([O-])c1ccccc1.O=C([O-])c1ccccc1.[Cu+2].[Cu+2]. The Morgan fingerprint density at radius 3 is 0.606 bits per heavy atom. The van der Waals surface area contributed by atoms with Crippen LogP contribution in [0.5, 0.6) is 0 Å². The van der Waals surface area contributed by atoms with Gasteiger partial charge in [-0.2, -0.15) is 0 Å². The molecular formula is C54H42Cu2N2O8. The number of aromatic nitrogens is 2. The standard InChI is InChI=1S/2C13H11N.4C7H6O2.2Cu/c2*1-2-4-12(5-3-1)6-7-13-8-10-14-11-9-13;4*8-7(9)6-4-2-1-3-5-6;;/h2*1-11H;4*1-5H,(H,8,9);;/q;;;;;;2*+2/p-4/b2*7-6+;;;;;;. The van der Waals surface area contributed by atoms with Gasteiger partial charge in [0.15, 0.2) is 0 Å². The van der Waals surface area contributed by atoms with Gasteiger partial charge in [0.1, 0.15) is 0 Å². The third kappa shape index (κ3) is 25.2. The van der Waals surface area contributed by atoms with Gasteiger partial charge in [0.2, 0.25) is 0 Å². The van der Waals surface area contributed by atoms with Gasteiger partial charge in [-0.15, -0.1) is 0 Å². The minimum absolute atomic E-state index is 0. The summed E-state index contributed by atoms with van der Waals surface area (Å²) in [6.45, 7) is 0. The van der Waals surface area contributed by atoms with E-state index >= 15 is 0 Å². The van der Waals surface area contributed by atoms with Crippen molar-refractivity contribution >= 4 is 48.2 Å². The van der Waals surface area contributed by atoms with Gasteiger partial charge in [-0.25, -0.2) is 0 Å². The Kier molecular flexibility index (Phi) is 29.3. The van der Waals surface area contributed by atoms with Crippen LogP contribution in [0.2, 0.25) is 0 Å². The first-order valence-electron chi connectivity index (χ1n) is 19.4. The molecule has 6 aromatic carbocycles. The van der Waals surface area contributed by atoms with Crippen LogP contribution < -0.4 is 20.4 Å². The maximum atomic E-state index is 10.1. The van der Waals surface area contributed by atoms with Crippen molar-refractivity contribution in [2.24, 2.45) is 0 Å². The van der Waals surface area contributed by atoms with E-state index in [1.54, 1.807) is 97.6 Å². The molecule has 2 aromatic heterocycles. The molecule has 0 bridgehead atoms. The zero-order chi connectivity index (χ0) is 46.0. The number of benzene rings is 6. The Morgan fingerprint density at radius 2 is 0.439 bits per heavy atom. The summed E-state index contributed by atoms with van der Waals surface area (Å²) < 4.78 is 0. The van der Waals surface area contributed by atoms with Crippen molar-refractivity contribution in [3.05, 3.63) is 276 Å². The minimum Gasteiger partial charge on any atom is -0.545 e. The maximum Gasteiger partial charge on any atom is 2.00 e. The zero-order valence-electron chi connectivity index (χ0n) is 35.0. The Hall–Kier alpha value is -7.98. The van der Waals surface area contributed by atoms with E-state index in [0.717, 1.165) is 0 Å². The second-order valence-corrected chi connectivity index (χ2v) is 12.7. The van der Waals surface area contributed by atoms with Crippen LogP contribution in [0, 0.1) is 0 Å². The van der Waals surface area contributed by atoms with Gasteiger partial charge in [-0.1, -0.05) is 206 Å². The van der Waals surface area contributed by atoms with Gasteiger partial charge in [-0.3, -0.25) is 9.97 Å². The number of aromatic carboxylic acids is 4. The number of carbonyl (C=O) groups is 4. The third-order valence-corrected chi connectivity index (χ3v) is 7.99. The smallest absolute Gasteiger partial charge is 0.545 e. The molecule has 0 amide bonds.